The van der Waals surface area contributed by atoms with Crippen LogP contribution in [0, 0.1) is 17.2 Å². The first-order valence-corrected chi connectivity index (χ1v) is 8.46. The van der Waals surface area contributed by atoms with Gasteiger partial charge in [-0.3, -0.25) is 4.79 Å². The summed E-state index contributed by atoms with van der Waals surface area (Å²) < 4.78 is 6.09. The molecule has 0 aromatic heterocycles. The standard InChI is InChI=1S/C20H19N3O2/c1-2-11-23-17-10-6-5-9-16(17)20(19(23)24)15-8-4-3-7-13(15)14(12-21)18(22)25-20/h2,5-7,9-10,15H,1,3-4,8,11,22H2/t15-,20-/m0/s1. The fraction of sp³-hybridized carbons (Fsp3) is 0.300. The van der Waals surface area contributed by atoms with Crippen LogP contribution in [-0.2, 0) is 15.1 Å². The molecule has 0 saturated carbocycles. The molecule has 5 heteroatoms. The van der Waals surface area contributed by atoms with Gasteiger partial charge in [-0.25, -0.2) is 0 Å². The van der Waals surface area contributed by atoms with Crippen LogP contribution in [0.15, 0.2) is 60.0 Å². The van der Waals surface area contributed by atoms with Crippen LogP contribution in [0.5, 0.6) is 0 Å². The molecular weight excluding hydrogens is 314 g/mol. The summed E-state index contributed by atoms with van der Waals surface area (Å²) in [6, 6.07) is 9.80. The average Bonchev–Trinajstić information content (AvgIpc) is 2.86. The molecule has 0 fully saturated rings. The molecule has 0 bridgehead atoms. The number of hydrogen-bond acceptors (Lipinski definition) is 4. The van der Waals surface area contributed by atoms with Crippen molar-refractivity contribution in [1.82, 2.24) is 0 Å². The van der Waals surface area contributed by atoms with Crippen LogP contribution >= 0.6 is 0 Å². The number of amides is 1. The number of ether oxygens (including phenoxy) is 1. The van der Waals surface area contributed by atoms with Gasteiger partial charge in [0.05, 0.1) is 5.69 Å². The molecule has 0 saturated heterocycles. The fourth-order valence-corrected chi connectivity index (χ4v) is 4.33. The Kier molecular flexibility index (Phi) is 3.43. The molecule has 1 aromatic carbocycles. The van der Waals surface area contributed by atoms with E-state index in [1.54, 1.807) is 11.0 Å². The molecule has 5 nitrogen and oxygen atoms in total. The number of allylic oxidation sites excluding steroid dienone is 2. The second-order valence-corrected chi connectivity index (χ2v) is 6.55. The zero-order valence-corrected chi connectivity index (χ0v) is 13.9. The van der Waals surface area contributed by atoms with Gasteiger partial charge in [0.2, 0.25) is 11.5 Å². The van der Waals surface area contributed by atoms with Crippen LogP contribution in [0.1, 0.15) is 24.8 Å². The molecule has 1 spiro atoms. The summed E-state index contributed by atoms with van der Waals surface area (Å²) in [6.45, 7) is 4.17. The summed E-state index contributed by atoms with van der Waals surface area (Å²) in [7, 11) is 0. The second kappa shape index (κ2) is 5.52. The normalized spacial score (nSPS) is 27.3. The molecule has 4 rings (SSSR count). The highest BCUT2D eigenvalue weighted by Crippen LogP contribution is 2.55. The van der Waals surface area contributed by atoms with E-state index in [-0.39, 0.29) is 17.7 Å². The van der Waals surface area contributed by atoms with E-state index in [4.69, 9.17) is 10.5 Å². The minimum atomic E-state index is -1.18. The molecule has 2 N–H and O–H groups in total. The molecule has 0 radical (unpaired) electrons. The van der Waals surface area contributed by atoms with E-state index in [0.717, 1.165) is 36.1 Å². The van der Waals surface area contributed by atoms with E-state index >= 15 is 0 Å². The minimum absolute atomic E-state index is 0.0375. The third-order valence-electron chi connectivity index (χ3n) is 5.31. The van der Waals surface area contributed by atoms with Gasteiger partial charge in [-0.1, -0.05) is 30.4 Å². The number of carbonyl (C=O) groups excluding carboxylic acids is 1. The Hall–Kier alpha value is -3.00. The van der Waals surface area contributed by atoms with E-state index in [2.05, 4.69) is 12.6 Å². The number of rotatable bonds is 2. The van der Waals surface area contributed by atoms with Gasteiger partial charge in [0.25, 0.3) is 5.91 Å². The Balaban J connectivity index is 1.98. The largest absolute Gasteiger partial charge is 0.456 e. The summed E-state index contributed by atoms with van der Waals surface area (Å²) >= 11 is 0. The fourth-order valence-electron chi connectivity index (χ4n) is 4.33. The van der Waals surface area contributed by atoms with Gasteiger partial charge in [-0.2, -0.15) is 5.26 Å². The Labute approximate surface area is 146 Å². The van der Waals surface area contributed by atoms with E-state index in [1.165, 1.54) is 0 Å². The van der Waals surface area contributed by atoms with Gasteiger partial charge in [0.1, 0.15) is 11.6 Å². The Bertz CT molecular complexity index is 877. The van der Waals surface area contributed by atoms with Crippen LogP contribution in [0.2, 0.25) is 0 Å². The maximum Gasteiger partial charge on any atom is 0.277 e. The lowest BCUT2D eigenvalue weighted by atomic mass is 9.69. The zero-order valence-electron chi connectivity index (χ0n) is 13.9. The smallest absolute Gasteiger partial charge is 0.277 e. The van der Waals surface area contributed by atoms with Gasteiger partial charge < -0.3 is 15.4 Å². The van der Waals surface area contributed by atoms with Crippen molar-refractivity contribution >= 4 is 11.6 Å². The summed E-state index contributed by atoms with van der Waals surface area (Å²) in [5.74, 6) is -0.298. The van der Waals surface area contributed by atoms with Crippen molar-refractivity contribution in [2.45, 2.75) is 24.9 Å². The van der Waals surface area contributed by atoms with Crippen LogP contribution in [0.3, 0.4) is 0 Å². The number of nitrogens with zero attached hydrogens (tertiary/aromatic N) is 2. The highest BCUT2D eigenvalue weighted by molar-refractivity contribution is 6.08. The topological polar surface area (TPSA) is 79.3 Å². The minimum Gasteiger partial charge on any atom is -0.456 e. The predicted octanol–water partition coefficient (Wildman–Crippen LogP) is 2.87. The molecule has 2 heterocycles. The summed E-state index contributed by atoms with van der Waals surface area (Å²) in [4.78, 5) is 15.2. The van der Waals surface area contributed by atoms with Crippen molar-refractivity contribution in [3.8, 4) is 6.07 Å². The first-order valence-electron chi connectivity index (χ1n) is 8.46. The van der Waals surface area contributed by atoms with E-state index in [1.807, 2.05) is 30.3 Å². The molecule has 1 aromatic rings. The Morgan fingerprint density at radius 2 is 2.28 bits per heavy atom. The van der Waals surface area contributed by atoms with Crippen LogP contribution in [0.25, 0.3) is 0 Å². The Morgan fingerprint density at radius 1 is 1.48 bits per heavy atom. The van der Waals surface area contributed by atoms with E-state index < -0.39 is 5.60 Å². The molecule has 2 aliphatic heterocycles. The number of anilines is 1. The maximum absolute atomic E-state index is 13.5. The molecule has 1 aliphatic carbocycles. The first kappa shape index (κ1) is 15.5. The quantitative estimate of drug-likeness (QED) is 0.844. The van der Waals surface area contributed by atoms with Crippen molar-refractivity contribution in [2.24, 2.45) is 11.7 Å². The van der Waals surface area contributed by atoms with Crippen LogP contribution < -0.4 is 10.6 Å². The average molecular weight is 333 g/mol. The maximum atomic E-state index is 13.5. The first-order chi connectivity index (χ1) is 12.1. The van der Waals surface area contributed by atoms with Crippen molar-refractivity contribution in [1.29, 1.82) is 5.26 Å². The Morgan fingerprint density at radius 3 is 3.04 bits per heavy atom. The number of nitrogens with two attached hydrogens (primary N) is 1. The predicted molar refractivity (Wildman–Crippen MR) is 94.0 cm³/mol. The highest BCUT2D eigenvalue weighted by atomic mass is 16.5. The van der Waals surface area contributed by atoms with Gasteiger partial charge >= 0.3 is 0 Å². The summed E-state index contributed by atoms with van der Waals surface area (Å²) in [5.41, 5.74) is 7.76. The second-order valence-electron chi connectivity index (χ2n) is 6.55. The number of fused-ring (bicyclic) bond motifs is 4. The molecule has 3 aliphatic rings. The van der Waals surface area contributed by atoms with Crippen LogP contribution in [0.4, 0.5) is 5.69 Å². The SMILES string of the molecule is C=CCN1C(=O)[C@@]2(OC(N)=C(C#N)C3=CCCC[C@@H]32)c2ccccc21. The zero-order chi connectivity index (χ0) is 17.6. The number of benzene rings is 1. The molecular formula is C20H19N3O2. The number of nitriles is 1. The summed E-state index contributed by atoms with van der Waals surface area (Å²) in [5, 5.41) is 9.51. The number of carbonyl (C=O) groups is 1. The van der Waals surface area contributed by atoms with E-state index in [9.17, 15) is 10.1 Å². The van der Waals surface area contributed by atoms with Crippen molar-refractivity contribution in [3.05, 3.63) is 65.6 Å². The lowest BCUT2D eigenvalue weighted by molar-refractivity contribution is -0.146. The lowest BCUT2D eigenvalue weighted by Crippen LogP contribution is -2.51. The van der Waals surface area contributed by atoms with Crippen molar-refractivity contribution in [2.75, 3.05) is 11.4 Å². The highest BCUT2D eigenvalue weighted by Gasteiger charge is 2.61. The monoisotopic (exact) mass is 333 g/mol. The lowest BCUT2D eigenvalue weighted by Gasteiger charge is -2.43. The molecule has 0 unspecified atom stereocenters. The third-order valence-corrected chi connectivity index (χ3v) is 5.31. The molecule has 2 atom stereocenters. The molecule has 126 valence electrons. The van der Waals surface area contributed by atoms with Crippen molar-refractivity contribution in [3.63, 3.8) is 0 Å². The van der Waals surface area contributed by atoms with E-state index in [0.29, 0.717) is 12.1 Å². The van der Waals surface area contributed by atoms with Crippen LogP contribution in [-0.4, -0.2) is 12.5 Å². The van der Waals surface area contributed by atoms with Gasteiger partial charge in [-0.05, 0) is 30.9 Å². The van der Waals surface area contributed by atoms with Gasteiger partial charge in [-0.15, -0.1) is 6.58 Å². The van der Waals surface area contributed by atoms with Crippen molar-refractivity contribution < 1.29 is 9.53 Å². The molecule has 25 heavy (non-hydrogen) atoms. The number of hydrogen-bond donors (Lipinski definition) is 1. The summed E-state index contributed by atoms with van der Waals surface area (Å²) in [6.07, 6.45) is 6.36. The molecule has 1 amide bonds. The third kappa shape index (κ3) is 1.91. The number of para-hydroxylation sites is 1. The van der Waals surface area contributed by atoms with Gasteiger partial charge in [0.15, 0.2) is 0 Å². The van der Waals surface area contributed by atoms with Gasteiger partial charge in [0, 0.05) is 18.0 Å².